The van der Waals surface area contributed by atoms with Crippen molar-refractivity contribution in [2.24, 2.45) is 5.10 Å². The summed E-state index contributed by atoms with van der Waals surface area (Å²) in [6.07, 6.45) is 3.39. The standard InChI is InChI=1S/C13H15N3O2S/c1-2-5-14-13(19)16-15-9-10-3-4-11-12(8-10)18-7-6-17-11/h2-4,8-9H,1,5-7H2,(H2,14,16,19). The molecule has 0 saturated heterocycles. The van der Waals surface area contributed by atoms with Gasteiger partial charge < -0.3 is 14.8 Å². The van der Waals surface area contributed by atoms with E-state index in [0.717, 1.165) is 17.1 Å². The molecule has 19 heavy (non-hydrogen) atoms. The fraction of sp³-hybridized carbons (Fsp3) is 0.231. The Morgan fingerprint density at radius 1 is 1.37 bits per heavy atom. The number of hydrogen-bond acceptors (Lipinski definition) is 4. The Balaban J connectivity index is 1.92. The number of fused-ring (bicyclic) bond motifs is 1. The molecule has 0 spiro atoms. The molecule has 6 heteroatoms. The van der Waals surface area contributed by atoms with Gasteiger partial charge in [-0.2, -0.15) is 5.10 Å². The third-order valence-corrected chi connectivity index (χ3v) is 2.59. The van der Waals surface area contributed by atoms with Crippen LogP contribution in [-0.2, 0) is 0 Å². The van der Waals surface area contributed by atoms with E-state index in [1.54, 1.807) is 12.3 Å². The summed E-state index contributed by atoms with van der Waals surface area (Å²) in [6.45, 7) is 5.35. The number of benzene rings is 1. The van der Waals surface area contributed by atoms with Gasteiger partial charge in [0.1, 0.15) is 13.2 Å². The van der Waals surface area contributed by atoms with Gasteiger partial charge in [-0.05, 0) is 36.0 Å². The van der Waals surface area contributed by atoms with Crippen LogP contribution in [0.25, 0.3) is 0 Å². The summed E-state index contributed by atoms with van der Waals surface area (Å²) >= 11 is 5.00. The summed E-state index contributed by atoms with van der Waals surface area (Å²) in [5.74, 6) is 1.50. The summed E-state index contributed by atoms with van der Waals surface area (Å²) in [7, 11) is 0. The predicted molar refractivity (Wildman–Crippen MR) is 79.0 cm³/mol. The predicted octanol–water partition coefficient (Wildman–Crippen LogP) is 1.44. The van der Waals surface area contributed by atoms with E-state index >= 15 is 0 Å². The van der Waals surface area contributed by atoms with Crippen LogP contribution in [-0.4, -0.2) is 31.1 Å². The normalized spacial score (nSPS) is 13.1. The number of rotatable bonds is 4. The lowest BCUT2D eigenvalue weighted by Gasteiger charge is -2.18. The molecule has 0 aliphatic carbocycles. The monoisotopic (exact) mass is 277 g/mol. The van der Waals surface area contributed by atoms with Gasteiger partial charge in [-0.25, -0.2) is 0 Å². The lowest BCUT2D eigenvalue weighted by atomic mass is 10.2. The second-order valence-electron chi connectivity index (χ2n) is 3.77. The van der Waals surface area contributed by atoms with E-state index < -0.39 is 0 Å². The first kappa shape index (κ1) is 13.4. The van der Waals surface area contributed by atoms with E-state index in [4.69, 9.17) is 21.7 Å². The average Bonchev–Trinajstić information content (AvgIpc) is 2.45. The van der Waals surface area contributed by atoms with Crippen molar-refractivity contribution in [2.75, 3.05) is 19.8 Å². The highest BCUT2D eigenvalue weighted by Crippen LogP contribution is 2.30. The molecule has 100 valence electrons. The Morgan fingerprint density at radius 3 is 2.95 bits per heavy atom. The van der Waals surface area contributed by atoms with Crippen molar-refractivity contribution in [2.45, 2.75) is 0 Å². The minimum atomic E-state index is 0.452. The molecule has 0 atom stereocenters. The number of thiocarbonyl (C=S) groups is 1. The molecule has 2 N–H and O–H groups in total. The minimum absolute atomic E-state index is 0.452. The Hall–Kier alpha value is -2.08. The lowest BCUT2D eigenvalue weighted by Crippen LogP contribution is -2.31. The van der Waals surface area contributed by atoms with E-state index in [1.807, 2.05) is 18.2 Å². The first-order chi connectivity index (χ1) is 9.29. The number of nitrogens with zero attached hydrogens (tertiary/aromatic N) is 1. The van der Waals surface area contributed by atoms with Gasteiger partial charge in [-0.3, -0.25) is 5.43 Å². The van der Waals surface area contributed by atoms with Crippen LogP contribution in [0, 0.1) is 0 Å². The number of hydrazone groups is 1. The van der Waals surface area contributed by atoms with Crippen molar-refractivity contribution in [1.29, 1.82) is 0 Å². The fourth-order valence-electron chi connectivity index (χ4n) is 1.51. The van der Waals surface area contributed by atoms with Crippen molar-refractivity contribution in [3.63, 3.8) is 0 Å². The Bertz CT molecular complexity index is 503. The Kier molecular flexibility index (Phi) is 4.74. The molecule has 1 heterocycles. The minimum Gasteiger partial charge on any atom is -0.486 e. The van der Waals surface area contributed by atoms with Crippen LogP contribution in [0.2, 0.25) is 0 Å². The number of hydrogen-bond donors (Lipinski definition) is 2. The molecule has 5 nitrogen and oxygen atoms in total. The molecule has 0 fully saturated rings. The summed E-state index contributed by atoms with van der Waals surface area (Å²) in [6, 6.07) is 5.64. The molecule has 0 bridgehead atoms. The second kappa shape index (κ2) is 6.75. The first-order valence-corrected chi connectivity index (χ1v) is 6.28. The Morgan fingerprint density at radius 2 is 2.16 bits per heavy atom. The van der Waals surface area contributed by atoms with Gasteiger partial charge in [-0.15, -0.1) is 6.58 Å². The van der Waals surface area contributed by atoms with Crippen LogP contribution >= 0.6 is 12.2 Å². The lowest BCUT2D eigenvalue weighted by molar-refractivity contribution is 0.171. The van der Waals surface area contributed by atoms with Gasteiger partial charge in [0, 0.05) is 6.54 Å². The number of ether oxygens (including phenoxy) is 2. The Labute approximate surface area is 117 Å². The number of nitrogens with one attached hydrogen (secondary N) is 2. The zero-order chi connectivity index (χ0) is 13.5. The topological polar surface area (TPSA) is 54.9 Å². The van der Waals surface area contributed by atoms with Crippen molar-refractivity contribution < 1.29 is 9.47 Å². The van der Waals surface area contributed by atoms with Crippen LogP contribution in [0.5, 0.6) is 11.5 Å². The third-order valence-electron chi connectivity index (χ3n) is 2.35. The highest BCUT2D eigenvalue weighted by atomic mass is 32.1. The average molecular weight is 277 g/mol. The molecule has 0 amide bonds. The van der Waals surface area contributed by atoms with Gasteiger partial charge in [-0.1, -0.05) is 6.08 Å². The first-order valence-electron chi connectivity index (χ1n) is 5.87. The van der Waals surface area contributed by atoms with E-state index in [0.29, 0.717) is 24.9 Å². The SMILES string of the molecule is C=CCNC(=S)NN=Cc1ccc2c(c1)OCCO2. The quantitative estimate of drug-likeness (QED) is 0.377. The van der Waals surface area contributed by atoms with Crippen LogP contribution in [0.1, 0.15) is 5.56 Å². The van der Waals surface area contributed by atoms with Gasteiger partial charge in [0.15, 0.2) is 16.6 Å². The molecule has 1 aliphatic rings. The molecule has 2 rings (SSSR count). The van der Waals surface area contributed by atoms with Crippen molar-refractivity contribution in [3.8, 4) is 11.5 Å². The summed E-state index contributed by atoms with van der Waals surface area (Å²) in [5, 5.41) is 7.40. The molecule has 1 aromatic carbocycles. The van der Waals surface area contributed by atoms with Crippen LogP contribution in [0.3, 0.4) is 0 Å². The van der Waals surface area contributed by atoms with Crippen LogP contribution in [0.4, 0.5) is 0 Å². The summed E-state index contributed by atoms with van der Waals surface area (Å²) < 4.78 is 10.9. The highest BCUT2D eigenvalue weighted by molar-refractivity contribution is 7.80. The molecular formula is C13H15N3O2S. The molecular weight excluding hydrogens is 262 g/mol. The van der Waals surface area contributed by atoms with Gasteiger partial charge in [0.05, 0.1) is 6.21 Å². The zero-order valence-corrected chi connectivity index (χ0v) is 11.2. The second-order valence-corrected chi connectivity index (χ2v) is 4.18. The maximum absolute atomic E-state index is 5.49. The van der Waals surface area contributed by atoms with Gasteiger partial charge >= 0.3 is 0 Å². The highest BCUT2D eigenvalue weighted by Gasteiger charge is 2.10. The van der Waals surface area contributed by atoms with Crippen molar-refractivity contribution in [3.05, 3.63) is 36.4 Å². The molecule has 0 unspecified atom stereocenters. The largest absolute Gasteiger partial charge is 0.486 e. The zero-order valence-electron chi connectivity index (χ0n) is 10.4. The van der Waals surface area contributed by atoms with Crippen LogP contribution in [0.15, 0.2) is 36.0 Å². The van der Waals surface area contributed by atoms with Crippen molar-refractivity contribution in [1.82, 2.24) is 10.7 Å². The van der Waals surface area contributed by atoms with Crippen LogP contribution < -0.4 is 20.2 Å². The van der Waals surface area contributed by atoms with E-state index in [-0.39, 0.29) is 0 Å². The summed E-state index contributed by atoms with van der Waals surface area (Å²) in [4.78, 5) is 0. The maximum atomic E-state index is 5.49. The van der Waals surface area contributed by atoms with E-state index in [2.05, 4.69) is 22.4 Å². The molecule has 0 saturated carbocycles. The summed E-state index contributed by atoms with van der Waals surface area (Å²) in [5.41, 5.74) is 3.62. The third kappa shape index (κ3) is 3.96. The fourth-order valence-corrected chi connectivity index (χ4v) is 1.65. The van der Waals surface area contributed by atoms with Gasteiger partial charge in [0.2, 0.25) is 0 Å². The molecule has 0 aromatic heterocycles. The molecule has 0 radical (unpaired) electrons. The molecule has 1 aliphatic heterocycles. The van der Waals surface area contributed by atoms with Gasteiger partial charge in [0.25, 0.3) is 0 Å². The molecule has 1 aromatic rings. The van der Waals surface area contributed by atoms with E-state index in [9.17, 15) is 0 Å². The van der Waals surface area contributed by atoms with E-state index in [1.165, 1.54) is 0 Å². The van der Waals surface area contributed by atoms with Crippen molar-refractivity contribution >= 4 is 23.5 Å². The smallest absolute Gasteiger partial charge is 0.187 e. The maximum Gasteiger partial charge on any atom is 0.187 e.